The van der Waals surface area contributed by atoms with Crippen LogP contribution in [0.4, 0.5) is 0 Å². The van der Waals surface area contributed by atoms with Gasteiger partial charge in [-0.3, -0.25) is 0 Å². The minimum absolute atomic E-state index is 0.325. The minimum Gasteiger partial charge on any atom is -0.507 e. The maximum absolute atomic E-state index is 10.5. The quantitative estimate of drug-likeness (QED) is 0.831. The molecule has 2 nitrogen and oxygen atoms in total. The van der Waals surface area contributed by atoms with Gasteiger partial charge < -0.3 is 10.8 Å². The van der Waals surface area contributed by atoms with Crippen LogP contribution in [0.5, 0.6) is 5.75 Å². The van der Waals surface area contributed by atoms with Crippen molar-refractivity contribution in [2.45, 2.75) is 64.3 Å². The fourth-order valence-electron chi connectivity index (χ4n) is 3.15. The van der Waals surface area contributed by atoms with Gasteiger partial charge >= 0.3 is 0 Å². The van der Waals surface area contributed by atoms with Gasteiger partial charge in [-0.15, -0.1) is 0 Å². The van der Waals surface area contributed by atoms with E-state index >= 15 is 0 Å². The number of benzene rings is 1. The average molecular weight is 247 g/mol. The Kier molecular flexibility index (Phi) is 3.67. The lowest BCUT2D eigenvalue weighted by molar-refractivity contribution is 0.289. The highest BCUT2D eigenvalue weighted by Crippen LogP contribution is 2.43. The summed E-state index contributed by atoms with van der Waals surface area (Å²) in [6.45, 7) is 6.29. The third-order valence-corrected chi connectivity index (χ3v) is 4.28. The predicted octanol–water partition coefficient (Wildman–Crippen LogP) is 3.94. The van der Waals surface area contributed by atoms with E-state index in [1.165, 1.54) is 24.8 Å². The molecular weight excluding hydrogens is 222 g/mol. The Balaban J connectivity index is 2.56. The molecule has 0 aliphatic heterocycles. The highest BCUT2D eigenvalue weighted by atomic mass is 16.3. The fourth-order valence-corrected chi connectivity index (χ4v) is 3.15. The minimum atomic E-state index is -0.325. The third kappa shape index (κ3) is 2.26. The highest BCUT2D eigenvalue weighted by Gasteiger charge is 2.34. The highest BCUT2D eigenvalue weighted by molar-refractivity contribution is 5.50. The molecule has 3 N–H and O–H groups in total. The summed E-state index contributed by atoms with van der Waals surface area (Å²) in [4.78, 5) is 0. The number of hydrogen-bond donors (Lipinski definition) is 2. The van der Waals surface area contributed by atoms with Crippen molar-refractivity contribution in [2.75, 3.05) is 0 Å². The van der Waals surface area contributed by atoms with Gasteiger partial charge in [-0.2, -0.15) is 0 Å². The standard InChI is InChI=1S/C16H25NO/c1-11(2)13-8-7-12(3)15(18)14(13)16(17)9-5-4-6-10-16/h7-8,11,18H,4-6,9-10,17H2,1-3H3. The van der Waals surface area contributed by atoms with Crippen molar-refractivity contribution in [1.29, 1.82) is 0 Å². The molecule has 1 fully saturated rings. The zero-order chi connectivity index (χ0) is 13.3. The van der Waals surface area contributed by atoms with Gasteiger partial charge in [0.1, 0.15) is 5.75 Å². The molecule has 1 saturated carbocycles. The monoisotopic (exact) mass is 247 g/mol. The Bertz CT molecular complexity index is 431. The van der Waals surface area contributed by atoms with E-state index in [9.17, 15) is 5.11 Å². The third-order valence-electron chi connectivity index (χ3n) is 4.28. The van der Waals surface area contributed by atoms with Gasteiger partial charge in [0.2, 0.25) is 0 Å². The fraction of sp³-hybridized carbons (Fsp3) is 0.625. The molecule has 0 unspecified atom stereocenters. The summed E-state index contributed by atoms with van der Waals surface area (Å²) in [6.07, 6.45) is 5.58. The smallest absolute Gasteiger partial charge is 0.123 e. The molecule has 0 saturated heterocycles. The topological polar surface area (TPSA) is 46.2 Å². The lowest BCUT2D eigenvalue weighted by Crippen LogP contribution is -2.39. The molecule has 18 heavy (non-hydrogen) atoms. The van der Waals surface area contributed by atoms with Crippen LogP contribution >= 0.6 is 0 Å². The Labute approximate surface area is 110 Å². The maximum Gasteiger partial charge on any atom is 0.123 e. The van der Waals surface area contributed by atoms with Crippen LogP contribution in [0.15, 0.2) is 12.1 Å². The van der Waals surface area contributed by atoms with Crippen LogP contribution < -0.4 is 5.73 Å². The van der Waals surface area contributed by atoms with Crippen molar-refractivity contribution in [1.82, 2.24) is 0 Å². The molecule has 0 heterocycles. The van der Waals surface area contributed by atoms with Crippen LogP contribution in [0.2, 0.25) is 0 Å². The van der Waals surface area contributed by atoms with E-state index in [1.807, 2.05) is 13.0 Å². The van der Waals surface area contributed by atoms with Crippen molar-refractivity contribution in [3.8, 4) is 5.75 Å². The van der Waals surface area contributed by atoms with Crippen molar-refractivity contribution in [2.24, 2.45) is 5.73 Å². The van der Waals surface area contributed by atoms with Crippen LogP contribution in [0.25, 0.3) is 0 Å². The zero-order valence-corrected chi connectivity index (χ0v) is 11.8. The van der Waals surface area contributed by atoms with E-state index in [0.29, 0.717) is 11.7 Å². The normalized spacial score (nSPS) is 19.2. The van der Waals surface area contributed by atoms with E-state index in [4.69, 9.17) is 5.73 Å². The van der Waals surface area contributed by atoms with Crippen LogP contribution in [-0.2, 0) is 5.54 Å². The summed E-state index contributed by atoms with van der Waals surface area (Å²) >= 11 is 0. The summed E-state index contributed by atoms with van der Waals surface area (Å²) in [5.41, 5.74) is 9.46. The Morgan fingerprint density at radius 2 is 1.78 bits per heavy atom. The van der Waals surface area contributed by atoms with Crippen molar-refractivity contribution in [3.05, 3.63) is 28.8 Å². The molecule has 0 amide bonds. The summed E-state index contributed by atoms with van der Waals surface area (Å²) in [7, 11) is 0. The van der Waals surface area contributed by atoms with Crippen LogP contribution in [0.3, 0.4) is 0 Å². The number of phenolic OH excluding ortho intramolecular Hbond substituents is 1. The van der Waals surface area contributed by atoms with E-state index in [2.05, 4.69) is 19.9 Å². The molecule has 2 heteroatoms. The second kappa shape index (κ2) is 4.93. The average Bonchev–Trinajstić information content (AvgIpc) is 2.32. The van der Waals surface area contributed by atoms with Crippen LogP contribution in [0, 0.1) is 6.92 Å². The Morgan fingerprint density at radius 1 is 1.17 bits per heavy atom. The number of aryl methyl sites for hydroxylation is 1. The molecule has 100 valence electrons. The first-order valence-electron chi connectivity index (χ1n) is 7.07. The molecular formula is C16H25NO. The van der Waals surface area contributed by atoms with Gasteiger partial charge in [-0.05, 0) is 36.8 Å². The van der Waals surface area contributed by atoms with Gasteiger partial charge in [0.15, 0.2) is 0 Å². The molecule has 0 bridgehead atoms. The molecule has 0 radical (unpaired) electrons. The summed E-state index contributed by atoms with van der Waals surface area (Å²) in [5, 5.41) is 10.5. The molecule has 0 spiro atoms. The van der Waals surface area contributed by atoms with Crippen LogP contribution in [0.1, 0.15) is 68.6 Å². The molecule has 0 atom stereocenters. The van der Waals surface area contributed by atoms with E-state index in [-0.39, 0.29) is 5.54 Å². The van der Waals surface area contributed by atoms with E-state index in [1.54, 1.807) is 0 Å². The second-order valence-electron chi connectivity index (χ2n) is 6.07. The Morgan fingerprint density at radius 3 is 2.33 bits per heavy atom. The maximum atomic E-state index is 10.5. The molecule has 0 aromatic heterocycles. The van der Waals surface area contributed by atoms with Crippen molar-refractivity contribution < 1.29 is 5.11 Å². The second-order valence-corrected chi connectivity index (χ2v) is 6.07. The number of aromatic hydroxyl groups is 1. The molecule has 1 aromatic carbocycles. The van der Waals surface area contributed by atoms with Crippen molar-refractivity contribution >= 4 is 0 Å². The van der Waals surface area contributed by atoms with Gasteiger partial charge in [0, 0.05) is 11.1 Å². The number of rotatable bonds is 2. The summed E-state index contributed by atoms with van der Waals surface area (Å²) in [6, 6.07) is 4.14. The van der Waals surface area contributed by atoms with Crippen LogP contribution in [-0.4, -0.2) is 5.11 Å². The first-order chi connectivity index (χ1) is 8.46. The van der Waals surface area contributed by atoms with Gasteiger partial charge in [0.25, 0.3) is 0 Å². The SMILES string of the molecule is Cc1ccc(C(C)C)c(C2(N)CCCCC2)c1O. The molecule has 2 rings (SSSR count). The van der Waals surface area contributed by atoms with Gasteiger partial charge in [-0.1, -0.05) is 45.2 Å². The lowest BCUT2D eigenvalue weighted by Gasteiger charge is -2.37. The van der Waals surface area contributed by atoms with E-state index in [0.717, 1.165) is 24.0 Å². The number of hydrogen-bond acceptors (Lipinski definition) is 2. The van der Waals surface area contributed by atoms with Gasteiger partial charge in [0.05, 0.1) is 0 Å². The summed E-state index contributed by atoms with van der Waals surface area (Å²) in [5.74, 6) is 0.819. The molecule has 1 aliphatic rings. The van der Waals surface area contributed by atoms with Gasteiger partial charge in [-0.25, -0.2) is 0 Å². The Hall–Kier alpha value is -1.02. The number of phenols is 1. The lowest BCUT2D eigenvalue weighted by atomic mass is 9.73. The molecule has 1 aromatic rings. The first-order valence-corrected chi connectivity index (χ1v) is 7.07. The molecule has 1 aliphatic carbocycles. The number of nitrogens with two attached hydrogens (primary N) is 1. The van der Waals surface area contributed by atoms with E-state index < -0.39 is 0 Å². The first kappa shape index (κ1) is 13.4. The van der Waals surface area contributed by atoms with Crippen molar-refractivity contribution in [3.63, 3.8) is 0 Å². The predicted molar refractivity (Wildman–Crippen MR) is 75.9 cm³/mol. The zero-order valence-electron chi connectivity index (χ0n) is 11.8. The summed E-state index contributed by atoms with van der Waals surface area (Å²) < 4.78 is 0. The largest absolute Gasteiger partial charge is 0.507 e.